The molecule has 0 aliphatic rings. The van der Waals surface area contributed by atoms with E-state index in [0.717, 1.165) is 6.42 Å². The number of aromatic nitrogens is 2. The summed E-state index contributed by atoms with van der Waals surface area (Å²) in [6, 6.07) is 6.12. The van der Waals surface area contributed by atoms with Gasteiger partial charge in [0, 0.05) is 6.04 Å². The van der Waals surface area contributed by atoms with E-state index in [1.54, 1.807) is 12.1 Å². The number of sulfonamides is 1. The van der Waals surface area contributed by atoms with Gasteiger partial charge in [-0.05, 0) is 37.6 Å². The highest BCUT2D eigenvalue weighted by atomic mass is 32.2. The van der Waals surface area contributed by atoms with Crippen LogP contribution in [0.25, 0.3) is 0 Å². The van der Waals surface area contributed by atoms with Gasteiger partial charge in [0.15, 0.2) is 5.01 Å². The number of nitrogen functional groups attached to an aromatic ring is 1. The zero-order valence-electron chi connectivity index (χ0n) is 12.3. The fourth-order valence-electron chi connectivity index (χ4n) is 1.60. The summed E-state index contributed by atoms with van der Waals surface area (Å²) < 4.78 is 32.3. The quantitative estimate of drug-likeness (QED) is 0.794. The largest absolute Gasteiger partial charge is 0.486 e. The highest BCUT2D eigenvalue weighted by Crippen LogP contribution is 2.19. The fourth-order valence-corrected chi connectivity index (χ4v) is 3.45. The van der Waals surface area contributed by atoms with Crippen LogP contribution in [0.1, 0.15) is 25.3 Å². The lowest BCUT2D eigenvalue weighted by Gasteiger charge is -2.12. The Labute approximate surface area is 133 Å². The van der Waals surface area contributed by atoms with Crippen molar-refractivity contribution < 1.29 is 13.2 Å². The molecule has 1 aromatic heterocycles. The van der Waals surface area contributed by atoms with Crippen LogP contribution in [-0.2, 0) is 16.6 Å². The second kappa shape index (κ2) is 7.03. The SMILES string of the molecule is CCC(C)NS(=O)(=O)c1ccc(OCc2nnc(N)s2)cc1. The number of ether oxygens (including phenoxy) is 1. The van der Waals surface area contributed by atoms with E-state index in [1.165, 1.54) is 23.5 Å². The fraction of sp³-hybridized carbons (Fsp3) is 0.385. The first kappa shape index (κ1) is 16.7. The second-order valence-electron chi connectivity index (χ2n) is 4.72. The molecule has 0 spiro atoms. The zero-order valence-corrected chi connectivity index (χ0v) is 13.9. The number of nitrogens with zero attached hydrogens (tertiary/aromatic N) is 2. The third-order valence-electron chi connectivity index (χ3n) is 2.95. The second-order valence-corrected chi connectivity index (χ2v) is 7.53. The molecule has 0 saturated carbocycles. The maximum Gasteiger partial charge on any atom is 0.240 e. The van der Waals surface area contributed by atoms with Gasteiger partial charge < -0.3 is 10.5 Å². The van der Waals surface area contributed by atoms with E-state index in [-0.39, 0.29) is 17.5 Å². The van der Waals surface area contributed by atoms with Gasteiger partial charge in [0.1, 0.15) is 12.4 Å². The molecule has 9 heteroatoms. The molecular formula is C13H18N4O3S2. The van der Waals surface area contributed by atoms with E-state index in [0.29, 0.717) is 15.9 Å². The molecular weight excluding hydrogens is 324 g/mol. The van der Waals surface area contributed by atoms with Gasteiger partial charge in [-0.3, -0.25) is 0 Å². The lowest BCUT2D eigenvalue weighted by atomic mass is 10.3. The van der Waals surface area contributed by atoms with Gasteiger partial charge in [0.25, 0.3) is 0 Å². The number of rotatable bonds is 7. The molecule has 2 rings (SSSR count). The zero-order chi connectivity index (χ0) is 16.2. The van der Waals surface area contributed by atoms with E-state index in [4.69, 9.17) is 10.5 Å². The Hall–Kier alpha value is -1.71. The first-order valence-corrected chi connectivity index (χ1v) is 9.03. The Morgan fingerprint density at radius 1 is 1.32 bits per heavy atom. The lowest BCUT2D eigenvalue weighted by Crippen LogP contribution is -2.31. The van der Waals surface area contributed by atoms with Gasteiger partial charge in [0.05, 0.1) is 4.90 Å². The Bertz CT molecular complexity index is 713. The first-order valence-electron chi connectivity index (χ1n) is 6.73. The minimum absolute atomic E-state index is 0.108. The Kier molecular flexibility index (Phi) is 5.33. The van der Waals surface area contributed by atoms with Crippen LogP contribution in [0.3, 0.4) is 0 Å². The predicted molar refractivity (Wildman–Crippen MR) is 85.2 cm³/mol. The van der Waals surface area contributed by atoms with Crippen LogP contribution in [0.15, 0.2) is 29.2 Å². The number of nitrogens with two attached hydrogens (primary N) is 1. The molecule has 0 radical (unpaired) electrons. The summed E-state index contributed by atoms with van der Waals surface area (Å²) in [5, 5.41) is 8.58. The van der Waals surface area contributed by atoms with Gasteiger partial charge in [-0.1, -0.05) is 18.3 Å². The van der Waals surface area contributed by atoms with Crippen LogP contribution in [0.5, 0.6) is 5.75 Å². The summed E-state index contributed by atoms with van der Waals surface area (Å²) >= 11 is 1.25. The predicted octanol–water partition coefficient (Wildman–Crippen LogP) is 1.78. The summed E-state index contributed by atoms with van der Waals surface area (Å²) in [5.74, 6) is 0.552. The normalized spacial score (nSPS) is 13.0. The van der Waals surface area contributed by atoms with Crippen LogP contribution in [0.2, 0.25) is 0 Å². The monoisotopic (exact) mass is 342 g/mol. The number of anilines is 1. The molecule has 22 heavy (non-hydrogen) atoms. The molecule has 1 unspecified atom stereocenters. The highest BCUT2D eigenvalue weighted by molar-refractivity contribution is 7.89. The van der Waals surface area contributed by atoms with Gasteiger partial charge in [-0.2, -0.15) is 0 Å². The summed E-state index contributed by atoms with van der Waals surface area (Å²) in [5.41, 5.74) is 5.48. The van der Waals surface area contributed by atoms with Crippen molar-refractivity contribution in [2.45, 2.75) is 37.8 Å². The molecule has 0 aliphatic heterocycles. The van der Waals surface area contributed by atoms with E-state index in [2.05, 4.69) is 14.9 Å². The van der Waals surface area contributed by atoms with Gasteiger partial charge in [-0.15, -0.1) is 10.2 Å². The lowest BCUT2D eigenvalue weighted by molar-refractivity contribution is 0.304. The van der Waals surface area contributed by atoms with Crippen molar-refractivity contribution in [3.8, 4) is 5.75 Å². The standard InChI is InChI=1S/C13H18N4O3S2/c1-3-9(2)17-22(18,19)11-6-4-10(5-7-11)20-8-12-15-16-13(14)21-12/h4-7,9,17H,3,8H2,1-2H3,(H2,14,16). The molecule has 2 aromatic rings. The van der Waals surface area contributed by atoms with Crippen molar-refractivity contribution in [2.75, 3.05) is 5.73 Å². The molecule has 0 bridgehead atoms. The van der Waals surface area contributed by atoms with Crippen LogP contribution in [0, 0.1) is 0 Å². The van der Waals surface area contributed by atoms with Crippen molar-refractivity contribution in [1.82, 2.24) is 14.9 Å². The van der Waals surface area contributed by atoms with Gasteiger partial charge in [0.2, 0.25) is 15.2 Å². The molecule has 120 valence electrons. The number of benzene rings is 1. The van der Waals surface area contributed by atoms with E-state index in [1.807, 2.05) is 13.8 Å². The van der Waals surface area contributed by atoms with Crippen molar-refractivity contribution >= 4 is 26.5 Å². The molecule has 1 atom stereocenters. The Morgan fingerprint density at radius 2 is 2.00 bits per heavy atom. The third-order valence-corrected chi connectivity index (χ3v) is 5.28. The van der Waals surface area contributed by atoms with E-state index < -0.39 is 10.0 Å². The first-order chi connectivity index (χ1) is 10.4. The summed E-state index contributed by atoms with van der Waals surface area (Å²) in [4.78, 5) is 0.209. The van der Waals surface area contributed by atoms with E-state index >= 15 is 0 Å². The van der Waals surface area contributed by atoms with Crippen LogP contribution in [-0.4, -0.2) is 24.7 Å². The molecule has 3 N–H and O–H groups in total. The maximum atomic E-state index is 12.1. The molecule has 0 aliphatic carbocycles. The smallest absolute Gasteiger partial charge is 0.240 e. The third kappa shape index (κ3) is 4.39. The van der Waals surface area contributed by atoms with Gasteiger partial charge in [-0.25, -0.2) is 13.1 Å². The minimum atomic E-state index is -3.49. The number of hydrogen-bond donors (Lipinski definition) is 2. The minimum Gasteiger partial charge on any atom is -0.486 e. The Balaban J connectivity index is 2.00. The number of nitrogens with one attached hydrogen (secondary N) is 1. The van der Waals surface area contributed by atoms with Crippen LogP contribution >= 0.6 is 11.3 Å². The van der Waals surface area contributed by atoms with Crippen LogP contribution in [0.4, 0.5) is 5.13 Å². The Morgan fingerprint density at radius 3 is 2.55 bits per heavy atom. The van der Waals surface area contributed by atoms with Crippen LogP contribution < -0.4 is 15.2 Å². The summed E-state index contributed by atoms with van der Waals surface area (Å²) in [6.07, 6.45) is 0.728. The van der Waals surface area contributed by atoms with Crippen molar-refractivity contribution in [3.63, 3.8) is 0 Å². The molecule has 1 aromatic carbocycles. The molecule has 0 fully saturated rings. The summed E-state index contributed by atoms with van der Waals surface area (Å²) in [7, 11) is -3.49. The maximum absolute atomic E-state index is 12.1. The van der Waals surface area contributed by atoms with Crippen molar-refractivity contribution in [3.05, 3.63) is 29.3 Å². The molecule has 7 nitrogen and oxygen atoms in total. The molecule has 0 saturated heterocycles. The van der Waals surface area contributed by atoms with Crippen molar-refractivity contribution in [2.24, 2.45) is 0 Å². The number of hydrogen-bond acceptors (Lipinski definition) is 7. The topological polar surface area (TPSA) is 107 Å². The van der Waals surface area contributed by atoms with Crippen molar-refractivity contribution in [1.29, 1.82) is 0 Å². The molecule has 1 heterocycles. The average Bonchev–Trinajstić information content (AvgIpc) is 2.90. The molecule has 0 amide bonds. The van der Waals surface area contributed by atoms with E-state index in [9.17, 15) is 8.42 Å². The average molecular weight is 342 g/mol. The highest BCUT2D eigenvalue weighted by Gasteiger charge is 2.16. The van der Waals surface area contributed by atoms with Gasteiger partial charge >= 0.3 is 0 Å². The summed E-state index contributed by atoms with van der Waals surface area (Å²) in [6.45, 7) is 3.99.